The number of nitrogens with two attached hydrogens (primary N) is 1. The Balaban J connectivity index is 0.00000162. The van der Waals surface area contributed by atoms with Crippen LogP contribution in [0.1, 0.15) is 18.9 Å². The molecule has 102 valence electrons. The summed E-state index contributed by atoms with van der Waals surface area (Å²) in [6, 6.07) is 3.76. The lowest BCUT2D eigenvalue weighted by atomic mass is 9.90. The van der Waals surface area contributed by atoms with E-state index in [1.807, 2.05) is 0 Å². The highest BCUT2D eigenvalue weighted by atomic mass is 35.5. The quantitative estimate of drug-likeness (QED) is 0.919. The number of hydrogen-bond donors (Lipinski definition) is 1. The minimum atomic E-state index is -0.528. The van der Waals surface area contributed by atoms with Crippen LogP contribution in [0.15, 0.2) is 18.2 Å². The molecule has 2 rings (SSSR count). The van der Waals surface area contributed by atoms with Crippen molar-refractivity contribution in [3.8, 4) is 0 Å². The van der Waals surface area contributed by atoms with Gasteiger partial charge in [0.15, 0.2) is 0 Å². The van der Waals surface area contributed by atoms with Crippen molar-refractivity contribution in [3.63, 3.8) is 0 Å². The van der Waals surface area contributed by atoms with Gasteiger partial charge in [-0.2, -0.15) is 0 Å². The molecule has 1 fully saturated rings. The van der Waals surface area contributed by atoms with Gasteiger partial charge < -0.3 is 5.73 Å². The van der Waals surface area contributed by atoms with Crippen molar-refractivity contribution in [3.05, 3.63) is 35.4 Å². The van der Waals surface area contributed by atoms with Crippen molar-refractivity contribution in [2.24, 2.45) is 11.1 Å². The second-order valence-electron chi connectivity index (χ2n) is 5.21. The number of rotatable bonds is 3. The van der Waals surface area contributed by atoms with E-state index in [0.717, 1.165) is 25.6 Å². The second kappa shape index (κ2) is 5.95. The second-order valence-corrected chi connectivity index (χ2v) is 5.21. The Morgan fingerprint density at radius 3 is 2.67 bits per heavy atom. The molecular formula is C13H19ClF2N2. The highest BCUT2D eigenvalue weighted by molar-refractivity contribution is 5.85. The minimum Gasteiger partial charge on any atom is -0.330 e. The van der Waals surface area contributed by atoms with E-state index in [1.54, 1.807) is 0 Å². The molecular weight excluding hydrogens is 258 g/mol. The van der Waals surface area contributed by atoms with E-state index >= 15 is 0 Å². The summed E-state index contributed by atoms with van der Waals surface area (Å²) in [6.07, 6.45) is 1.03. The van der Waals surface area contributed by atoms with Gasteiger partial charge in [0.25, 0.3) is 0 Å². The molecule has 1 aromatic rings. The first-order valence-corrected chi connectivity index (χ1v) is 5.89. The molecule has 18 heavy (non-hydrogen) atoms. The fourth-order valence-electron chi connectivity index (χ4n) is 2.32. The van der Waals surface area contributed by atoms with E-state index in [9.17, 15) is 8.78 Å². The maximum Gasteiger partial charge on any atom is 0.130 e. The third-order valence-corrected chi connectivity index (χ3v) is 3.54. The smallest absolute Gasteiger partial charge is 0.130 e. The lowest BCUT2D eigenvalue weighted by molar-refractivity contribution is 0.271. The highest BCUT2D eigenvalue weighted by Gasteiger charge is 2.32. The fraction of sp³-hybridized carbons (Fsp3) is 0.538. The van der Waals surface area contributed by atoms with Crippen LogP contribution in [0.4, 0.5) is 8.78 Å². The van der Waals surface area contributed by atoms with Crippen LogP contribution in [0, 0.1) is 17.0 Å². The van der Waals surface area contributed by atoms with Crippen LogP contribution in [0.3, 0.4) is 0 Å². The van der Waals surface area contributed by atoms with E-state index in [1.165, 1.54) is 12.1 Å². The van der Waals surface area contributed by atoms with Gasteiger partial charge in [-0.05, 0) is 31.0 Å². The minimum absolute atomic E-state index is 0. The summed E-state index contributed by atoms with van der Waals surface area (Å²) in [5.41, 5.74) is 6.41. The first-order valence-electron chi connectivity index (χ1n) is 5.89. The Morgan fingerprint density at radius 2 is 2.11 bits per heavy atom. The zero-order valence-electron chi connectivity index (χ0n) is 10.5. The van der Waals surface area contributed by atoms with Gasteiger partial charge >= 0.3 is 0 Å². The molecule has 1 aromatic carbocycles. The number of nitrogens with zero attached hydrogens (tertiary/aromatic N) is 1. The largest absolute Gasteiger partial charge is 0.330 e. The van der Waals surface area contributed by atoms with Gasteiger partial charge in [0, 0.05) is 24.7 Å². The summed E-state index contributed by atoms with van der Waals surface area (Å²) < 4.78 is 26.3. The molecule has 2 nitrogen and oxygen atoms in total. The van der Waals surface area contributed by atoms with Crippen molar-refractivity contribution in [1.82, 2.24) is 4.90 Å². The zero-order valence-corrected chi connectivity index (χ0v) is 11.3. The van der Waals surface area contributed by atoms with Gasteiger partial charge in [-0.1, -0.05) is 13.0 Å². The molecule has 1 atom stereocenters. The van der Waals surface area contributed by atoms with Crippen molar-refractivity contribution in [2.75, 3.05) is 19.6 Å². The van der Waals surface area contributed by atoms with Crippen LogP contribution < -0.4 is 5.73 Å². The molecule has 0 aromatic heterocycles. The Kier molecular flexibility index (Phi) is 5.08. The van der Waals surface area contributed by atoms with Gasteiger partial charge in [-0.3, -0.25) is 4.90 Å². The van der Waals surface area contributed by atoms with Crippen LogP contribution in [0.5, 0.6) is 0 Å². The van der Waals surface area contributed by atoms with Gasteiger partial charge in [0.1, 0.15) is 11.6 Å². The summed E-state index contributed by atoms with van der Waals surface area (Å²) in [4.78, 5) is 2.17. The molecule has 0 aliphatic carbocycles. The molecule has 5 heteroatoms. The van der Waals surface area contributed by atoms with Crippen LogP contribution in [0.2, 0.25) is 0 Å². The Morgan fingerprint density at radius 1 is 1.39 bits per heavy atom. The normalized spacial score (nSPS) is 24.0. The summed E-state index contributed by atoms with van der Waals surface area (Å²) >= 11 is 0. The lowest BCUT2D eigenvalue weighted by Crippen LogP contribution is -2.31. The fourth-order valence-corrected chi connectivity index (χ4v) is 2.32. The van der Waals surface area contributed by atoms with E-state index in [0.29, 0.717) is 18.7 Å². The van der Waals surface area contributed by atoms with E-state index in [4.69, 9.17) is 5.73 Å². The first-order chi connectivity index (χ1) is 8.02. The van der Waals surface area contributed by atoms with Gasteiger partial charge in [0.05, 0.1) is 0 Å². The molecule has 0 saturated carbocycles. The summed E-state index contributed by atoms with van der Waals surface area (Å²) in [5, 5.41) is 0. The molecule has 2 N–H and O–H groups in total. The molecule has 0 amide bonds. The first kappa shape index (κ1) is 15.3. The monoisotopic (exact) mass is 276 g/mol. The molecule has 0 bridgehead atoms. The number of benzene rings is 1. The predicted octanol–water partition coefficient (Wildman–Crippen LogP) is 2.56. The lowest BCUT2D eigenvalue weighted by Gasteiger charge is -2.22. The molecule has 1 saturated heterocycles. The molecule has 1 unspecified atom stereocenters. The van der Waals surface area contributed by atoms with Crippen LogP contribution >= 0.6 is 12.4 Å². The van der Waals surface area contributed by atoms with Gasteiger partial charge in [-0.15, -0.1) is 12.4 Å². The molecule has 0 spiro atoms. The Bertz CT molecular complexity index is 414. The summed E-state index contributed by atoms with van der Waals surface area (Å²) in [7, 11) is 0. The molecule has 1 heterocycles. The third-order valence-electron chi connectivity index (χ3n) is 3.54. The maximum absolute atomic E-state index is 13.5. The van der Waals surface area contributed by atoms with E-state index in [2.05, 4.69) is 11.8 Å². The SMILES string of the molecule is CC1(CN)CCN(Cc2ccc(F)cc2F)C1.Cl. The number of halogens is 3. The Labute approximate surface area is 113 Å². The molecule has 0 radical (unpaired) electrons. The molecule has 1 aliphatic rings. The summed E-state index contributed by atoms with van der Waals surface area (Å²) in [6.45, 7) is 5.12. The zero-order chi connectivity index (χ0) is 12.5. The average molecular weight is 277 g/mol. The van der Waals surface area contributed by atoms with Crippen LogP contribution in [0.25, 0.3) is 0 Å². The van der Waals surface area contributed by atoms with Gasteiger partial charge in [-0.25, -0.2) is 8.78 Å². The maximum atomic E-state index is 13.5. The number of hydrogen-bond acceptors (Lipinski definition) is 2. The van der Waals surface area contributed by atoms with Crippen molar-refractivity contribution in [1.29, 1.82) is 0 Å². The van der Waals surface area contributed by atoms with Crippen molar-refractivity contribution in [2.45, 2.75) is 19.9 Å². The van der Waals surface area contributed by atoms with E-state index in [-0.39, 0.29) is 17.8 Å². The van der Waals surface area contributed by atoms with Crippen LogP contribution in [-0.2, 0) is 6.54 Å². The standard InChI is InChI=1S/C13H18F2N2.ClH/c1-13(8-16)4-5-17(9-13)7-10-2-3-11(14)6-12(10)15;/h2-3,6H,4-5,7-9,16H2,1H3;1H. The van der Waals surface area contributed by atoms with Crippen molar-refractivity contribution >= 4 is 12.4 Å². The topological polar surface area (TPSA) is 29.3 Å². The van der Waals surface area contributed by atoms with Crippen molar-refractivity contribution < 1.29 is 8.78 Å². The summed E-state index contributed by atoms with van der Waals surface area (Å²) in [5.74, 6) is -0.995. The van der Waals surface area contributed by atoms with Crippen LogP contribution in [-0.4, -0.2) is 24.5 Å². The molecule has 1 aliphatic heterocycles. The highest BCUT2D eigenvalue weighted by Crippen LogP contribution is 2.29. The third kappa shape index (κ3) is 3.40. The number of likely N-dealkylation sites (tertiary alicyclic amines) is 1. The average Bonchev–Trinajstić information content (AvgIpc) is 2.66. The van der Waals surface area contributed by atoms with Gasteiger partial charge in [0.2, 0.25) is 0 Å². The van der Waals surface area contributed by atoms with E-state index < -0.39 is 11.6 Å². The Hall–Kier alpha value is -0.710. The predicted molar refractivity (Wildman–Crippen MR) is 70.7 cm³/mol.